The second kappa shape index (κ2) is 6.35. The van der Waals surface area contributed by atoms with Crippen LogP contribution in [-0.2, 0) is 16.0 Å². The molecule has 1 aliphatic heterocycles. The quantitative estimate of drug-likeness (QED) is 0.872. The van der Waals surface area contributed by atoms with Gasteiger partial charge in [-0.2, -0.15) is 0 Å². The SMILES string of the molecule is CC1Oc2ccc(CC(=O)N(C)c3ccccc3)cc2N(C)C1=O. The Hall–Kier alpha value is -2.82. The molecule has 2 aromatic carbocycles. The van der Waals surface area contributed by atoms with Crippen LogP contribution in [0.15, 0.2) is 48.5 Å². The van der Waals surface area contributed by atoms with Crippen LogP contribution in [0.5, 0.6) is 5.75 Å². The highest BCUT2D eigenvalue weighted by molar-refractivity contribution is 6.00. The number of hydrogen-bond acceptors (Lipinski definition) is 3. The second-order valence-corrected chi connectivity index (χ2v) is 5.92. The lowest BCUT2D eigenvalue weighted by atomic mass is 10.1. The Morgan fingerprint density at radius 3 is 2.62 bits per heavy atom. The standard InChI is InChI=1S/C19H20N2O3/c1-13-19(23)21(3)16-11-14(9-10-17(16)24-13)12-18(22)20(2)15-7-5-4-6-8-15/h4-11,13H,12H2,1-3H3. The largest absolute Gasteiger partial charge is 0.479 e. The predicted molar refractivity (Wildman–Crippen MR) is 93.5 cm³/mol. The second-order valence-electron chi connectivity index (χ2n) is 5.92. The molecule has 0 fully saturated rings. The van der Waals surface area contributed by atoms with E-state index in [1.807, 2.05) is 48.5 Å². The number of nitrogens with zero attached hydrogens (tertiary/aromatic N) is 2. The van der Waals surface area contributed by atoms with Crippen molar-refractivity contribution in [1.29, 1.82) is 0 Å². The van der Waals surface area contributed by atoms with Crippen LogP contribution in [0.2, 0.25) is 0 Å². The molecule has 0 aromatic heterocycles. The van der Waals surface area contributed by atoms with Crippen LogP contribution in [0.25, 0.3) is 0 Å². The van der Waals surface area contributed by atoms with Crippen molar-refractivity contribution in [1.82, 2.24) is 0 Å². The zero-order valence-corrected chi connectivity index (χ0v) is 14.0. The zero-order chi connectivity index (χ0) is 17.3. The van der Waals surface area contributed by atoms with Crippen molar-refractivity contribution in [3.8, 4) is 5.75 Å². The van der Waals surface area contributed by atoms with Crippen LogP contribution < -0.4 is 14.5 Å². The molecular formula is C19H20N2O3. The summed E-state index contributed by atoms with van der Waals surface area (Å²) in [6, 6.07) is 15.0. The molecule has 1 heterocycles. The summed E-state index contributed by atoms with van der Waals surface area (Å²) in [4.78, 5) is 27.7. The van der Waals surface area contributed by atoms with Gasteiger partial charge in [0.2, 0.25) is 5.91 Å². The van der Waals surface area contributed by atoms with Gasteiger partial charge >= 0.3 is 0 Å². The van der Waals surface area contributed by atoms with Crippen molar-refractivity contribution < 1.29 is 14.3 Å². The molecule has 2 amide bonds. The van der Waals surface area contributed by atoms with Gasteiger partial charge in [0.15, 0.2) is 6.10 Å². The van der Waals surface area contributed by atoms with Crippen molar-refractivity contribution >= 4 is 23.2 Å². The smallest absolute Gasteiger partial charge is 0.267 e. The molecule has 0 saturated heterocycles. The van der Waals surface area contributed by atoms with E-state index >= 15 is 0 Å². The predicted octanol–water partition coefficient (Wildman–Crippen LogP) is 2.64. The lowest BCUT2D eigenvalue weighted by molar-refractivity contribution is -0.125. The number of likely N-dealkylation sites (N-methyl/N-ethyl adjacent to an activating group) is 2. The third kappa shape index (κ3) is 2.97. The first kappa shape index (κ1) is 16.1. The Balaban J connectivity index is 1.79. The third-order valence-corrected chi connectivity index (χ3v) is 4.24. The first-order valence-electron chi connectivity index (χ1n) is 7.86. The number of ether oxygens (including phenoxy) is 1. The number of fused-ring (bicyclic) bond motifs is 1. The lowest BCUT2D eigenvalue weighted by Gasteiger charge is -2.30. The molecule has 1 aliphatic rings. The first-order valence-corrected chi connectivity index (χ1v) is 7.86. The third-order valence-electron chi connectivity index (χ3n) is 4.24. The Kier molecular flexibility index (Phi) is 4.25. The van der Waals surface area contributed by atoms with Crippen LogP contribution in [0.1, 0.15) is 12.5 Å². The van der Waals surface area contributed by atoms with E-state index < -0.39 is 6.10 Å². The number of carbonyl (C=O) groups excluding carboxylic acids is 2. The highest BCUT2D eigenvalue weighted by Gasteiger charge is 2.29. The summed E-state index contributed by atoms with van der Waals surface area (Å²) in [5, 5.41) is 0. The number of benzene rings is 2. The van der Waals surface area contributed by atoms with E-state index in [-0.39, 0.29) is 18.2 Å². The van der Waals surface area contributed by atoms with Crippen molar-refractivity contribution in [2.75, 3.05) is 23.9 Å². The van der Waals surface area contributed by atoms with Crippen molar-refractivity contribution in [2.45, 2.75) is 19.4 Å². The van der Waals surface area contributed by atoms with E-state index in [1.165, 1.54) is 0 Å². The lowest BCUT2D eigenvalue weighted by Crippen LogP contribution is -2.42. The van der Waals surface area contributed by atoms with E-state index in [4.69, 9.17) is 4.74 Å². The van der Waals surface area contributed by atoms with E-state index in [9.17, 15) is 9.59 Å². The molecule has 24 heavy (non-hydrogen) atoms. The summed E-state index contributed by atoms with van der Waals surface area (Å²) < 4.78 is 5.60. The molecule has 0 saturated carbocycles. The van der Waals surface area contributed by atoms with E-state index in [0.717, 1.165) is 11.3 Å². The number of para-hydroxylation sites is 1. The molecule has 5 heteroatoms. The fourth-order valence-corrected chi connectivity index (χ4v) is 2.76. The molecule has 0 aliphatic carbocycles. The van der Waals surface area contributed by atoms with Gasteiger partial charge in [0, 0.05) is 19.8 Å². The number of amides is 2. The van der Waals surface area contributed by atoms with Gasteiger partial charge in [-0.3, -0.25) is 9.59 Å². The highest BCUT2D eigenvalue weighted by Crippen LogP contribution is 2.34. The maximum absolute atomic E-state index is 12.5. The molecule has 1 unspecified atom stereocenters. The molecule has 0 bridgehead atoms. The summed E-state index contributed by atoms with van der Waals surface area (Å²) in [5.74, 6) is 0.560. The minimum absolute atomic E-state index is 0.0137. The Bertz CT molecular complexity index is 773. The van der Waals surface area contributed by atoms with E-state index in [0.29, 0.717) is 11.4 Å². The monoisotopic (exact) mass is 324 g/mol. The van der Waals surface area contributed by atoms with E-state index in [1.54, 1.807) is 30.8 Å². The van der Waals surface area contributed by atoms with Crippen molar-refractivity contribution in [3.05, 3.63) is 54.1 Å². The van der Waals surface area contributed by atoms with Crippen LogP contribution in [0, 0.1) is 0 Å². The minimum atomic E-state index is -0.487. The van der Waals surface area contributed by atoms with Gasteiger partial charge in [-0.25, -0.2) is 0 Å². The average Bonchev–Trinajstić information content (AvgIpc) is 2.60. The normalized spacial score (nSPS) is 16.4. The summed E-state index contributed by atoms with van der Waals surface area (Å²) in [6.07, 6.45) is -0.227. The molecule has 1 atom stereocenters. The molecule has 2 aromatic rings. The van der Waals surface area contributed by atoms with Crippen LogP contribution in [-0.4, -0.2) is 32.0 Å². The number of hydrogen-bond donors (Lipinski definition) is 0. The maximum atomic E-state index is 12.5. The van der Waals surface area contributed by atoms with Crippen molar-refractivity contribution in [2.24, 2.45) is 0 Å². The summed E-state index contributed by atoms with van der Waals surface area (Å²) in [6.45, 7) is 1.73. The van der Waals surface area contributed by atoms with Gasteiger partial charge in [0.25, 0.3) is 5.91 Å². The molecule has 3 rings (SSSR count). The Labute approximate surface area is 141 Å². The van der Waals surface area contributed by atoms with Crippen LogP contribution >= 0.6 is 0 Å². The van der Waals surface area contributed by atoms with Crippen LogP contribution in [0.3, 0.4) is 0 Å². The number of rotatable bonds is 3. The van der Waals surface area contributed by atoms with Gasteiger partial charge in [-0.1, -0.05) is 24.3 Å². The van der Waals surface area contributed by atoms with Gasteiger partial charge in [-0.15, -0.1) is 0 Å². The highest BCUT2D eigenvalue weighted by atomic mass is 16.5. The molecular weight excluding hydrogens is 304 g/mol. The Morgan fingerprint density at radius 1 is 1.21 bits per heavy atom. The zero-order valence-electron chi connectivity index (χ0n) is 14.0. The molecule has 0 spiro atoms. The molecule has 5 nitrogen and oxygen atoms in total. The topological polar surface area (TPSA) is 49.9 Å². The number of carbonyl (C=O) groups is 2. The van der Waals surface area contributed by atoms with E-state index in [2.05, 4.69) is 0 Å². The van der Waals surface area contributed by atoms with Crippen molar-refractivity contribution in [3.63, 3.8) is 0 Å². The maximum Gasteiger partial charge on any atom is 0.267 e. The van der Waals surface area contributed by atoms with Gasteiger partial charge in [0.1, 0.15) is 5.75 Å². The summed E-state index contributed by atoms with van der Waals surface area (Å²) in [7, 11) is 3.48. The first-order chi connectivity index (χ1) is 11.5. The molecule has 0 radical (unpaired) electrons. The van der Waals surface area contributed by atoms with Gasteiger partial charge in [0.05, 0.1) is 12.1 Å². The average molecular weight is 324 g/mol. The Morgan fingerprint density at radius 2 is 1.92 bits per heavy atom. The fraction of sp³-hybridized carbons (Fsp3) is 0.263. The van der Waals surface area contributed by atoms with Crippen LogP contribution in [0.4, 0.5) is 11.4 Å². The van der Waals surface area contributed by atoms with Gasteiger partial charge in [-0.05, 0) is 36.8 Å². The fourth-order valence-electron chi connectivity index (χ4n) is 2.76. The summed E-state index contributed by atoms with van der Waals surface area (Å²) in [5.41, 5.74) is 2.40. The minimum Gasteiger partial charge on any atom is -0.479 e. The number of anilines is 2. The molecule has 0 N–H and O–H groups in total. The van der Waals surface area contributed by atoms with Gasteiger partial charge < -0.3 is 14.5 Å². The molecule has 124 valence electrons. The summed E-state index contributed by atoms with van der Waals surface area (Å²) >= 11 is 0.